The van der Waals surface area contributed by atoms with E-state index in [9.17, 15) is 9.90 Å². The third-order valence-electron chi connectivity index (χ3n) is 2.96. The molecular weight excluding hydrogens is 264 g/mol. The molecule has 21 heavy (non-hydrogen) atoms. The van der Waals surface area contributed by atoms with Crippen molar-refractivity contribution in [2.24, 2.45) is 0 Å². The first-order valence-corrected chi connectivity index (χ1v) is 8.05. The molecule has 0 saturated carbocycles. The smallest absolute Gasteiger partial charge is 0.338 e. The van der Waals surface area contributed by atoms with Crippen LogP contribution in [0.4, 0.5) is 0 Å². The van der Waals surface area contributed by atoms with Crippen molar-refractivity contribution in [1.29, 1.82) is 0 Å². The number of aliphatic hydroxyl groups excluding tert-OH is 1. The number of unbranched alkanes of at least 4 members (excludes halogenated alkanes) is 1. The first-order chi connectivity index (χ1) is 10.2. The Kier molecular flexibility index (Phi) is 12.7. The fourth-order valence-corrected chi connectivity index (χ4v) is 1.77. The first kappa shape index (κ1) is 19.7. The van der Waals surface area contributed by atoms with Crippen molar-refractivity contribution in [3.63, 3.8) is 0 Å². The zero-order valence-electron chi connectivity index (χ0n) is 13.7. The molecule has 0 aliphatic carbocycles. The van der Waals surface area contributed by atoms with Gasteiger partial charge >= 0.3 is 5.97 Å². The van der Waals surface area contributed by atoms with Crippen LogP contribution < -0.4 is 0 Å². The molecule has 3 nitrogen and oxygen atoms in total. The average molecular weight is 294 g/mol. The third kappa shape index (κ3) is 11.0. The molecule has 0 spiro atoms. The zero-order valence-corrected chi connectivity index (χ0v) is 13.7. The molecule has 1 rings (SSSR count). The van der Waals surface area contributed by atoms with Gasteiger partial charge in [-0.2, -0.15) is 0 Å². The maximum absolute atomic E-state index is 11.2. The van der Waals surface area contributed by atoms with Crippen molar-refractivity contribution in [2.45, 2.75) is 65.4 Å². The highest BCUT2D eigenvalue weighted by Gasteiger charge is 2.03. The normalized spacial score (nSPS) is 11.2. The summed E-state index contributed by atoms with van der Waals surface area (Å²) in [5.74, 6) is -0.238. The molecule has 0 fully saturated rings. The maximum atomic E-state index is 11.2. The summed E-state index contributed by atoms with van der Waals surface area (Å²) in [5.41, 5.74) is 0.617. The number of benzene rings is 1. The van der Waals surface area contributed by atoms with Gasteiger partial charge in [0.25, 0.3) is 0 Å². The van der Waals surface area contributed by atoms with Gasteiger partial charge in [-0.25, -0.2) is 4.79 Å². The van der Waals surface area contributed by atoms with Gasteiger partial charge in [-0.1, -0.05) is 58.2 Å². The van der Waals surface area contributed by atoms with Crippen LogP contribution in [-0.2, 0) is 4.74 Å². The van der Waals surface area contributed by atoms with Crippen molar-refractivity contribution in [3.8, 4) is 0 Å². The van der Waals surface area contributed by atoms with Crippen molar-refractivity contribution < 1.29 is 14.6 Å². The number of hydrogen-bond acceptors (Lipinski definition) is 3. The summed E-state index contributed by atoms with van der Waals surface area (Å²) in [5, 5.41) is 9.18. The fourth-order valence-electron chi connectivity index (χ4n) is 1.77. The van der Waals surface area contributed by atoms with Crippen LogP contribution in [-0.4, -0.2) is 23.8 Å². The van der Waals surface area contributed by atoms with Crippen LogP contribution in [0.1, 0.15) is 69.7 Å². The van der Waals surface area contributed by atoms with E-state index in [4.69, 9.17) is 4.74 Å². The highest BCUT2D eigenvalue weighted by molar-refractivity contribution is 5.89. The van der Waals surface area contributed by atoms with Gasteiger partial charge in [-0.3, -0.25) is 0 Å². The Labute approximate surface area is 129 Å². The summed E-state index contributed by atoms with van der Waals surface area (Å²) in [6.45, 7) is 6.72. The summed E-state index contributed by atoms with van der Waals surface area (Å²) < 4.78 is 4.94. The van der Waals surface area contributed by atoms with E-state index in [0.29, 0.717) is 12.2 Å². The van der Waals surface area contributed by atoms with Gasteiger partial charge in [-0.15, -0.1) is 0 Å². The average Bonchev–Trinajstić information content (AvgIpc) is 2.52. The Morgan fingerprint density at radius 3 is 2.24 bits per heavy atom. The van der Waals surface area contributed by atoms with Crippen LogP contribution in [0.5, 0.6) is 0 Å². The van der Waals surface area contributed by atoms with E-state index in [1.807, 2.05) is 25.1 Å². The van der Waals surface area contributed by atoms with Gasteiger partial charge in [0.15, 0.2) is 0 Å². The molecule has 3 heteroatoms. The molecule has 0 amide bonds. The Hall–Kier alpha value is -1.35. The largest absolute Gasteiger partial charge is 0.462 e. The molecule has 0 bridgehead atoms. The van der Waals surface area contributed by atoms with E-state index >= 15 is 0 Å². The van der Waals surface area contributed by atoms with Crippen LogP contribution in [0.25, 0.3) is 0 Å². The minimum absolute atomic E-state index is 0.0325. The highest BCUT2D eigenvalue weighted by atomic mass is 16.5. The van der Waals surface area contributed by atoms with Gasteiger partial charge < -0.3 is 9.84 Å². The minimum atomic E-state index is -0.238. The lowest BCUT2D eigenvalue weighted by atomic mass is 10.1. The summed E-state index contributed by atoms with van der Waals surface area (Å²) >= 11 is 0. The zero-order chi connectivity index (χ0) is 15.9. The van der Waals surface area contributed by atoms with Crippen molar-refractivity contribution in [2.75, 3.05) is 6.61 Å². The Morgan fingerprint density at radius 2 is 1.71 bits per heavy atom. The van der Waals surface area contributed by atoms with Gasteiger partial charge in [0.1, 0.15) is 0 Å². The maximum Gasteiger partial charge on any atom is 0.338 e. The number of hydrogen-bond donors (Lipinski definition) is 1. The topological polar surface area (TPSA) is 46.5 Å². The number of esters is 1. The van der Waals surface area contributed by atoms with E-state index in [1.54, 1.807) is 12.1 Å². The molecule has 1 N–H and O–H groups in total. The molecule has 0 radical (unpaired) electrons. The van der Waals surface area contributed by atoms with Crippen LogP contribution in [0, 0.1) is 0 Å². The van der Waals surface area contributed by atoms with Crippen molar-refractivity contribution in [1.82, 2.24) is 0 Å². The Morgan fingerprint density at radius 1 is 1.05 bits per heavy atom. The summed E-state index contributed by atoms with van der Waals surface area (Å²) in [6.07, 6.45) is 6.25. The number of carbonyl (C=O) groups excluding carboxylic acids is 1. The molecule has 1 atom stereocenters. The van der Waals surface area contributed by atoms with E-state index in [-0.39, 0.29) is 12.1 Å². The molecule has 1 aromatic rings. The Balaban J connectivity index is 0.000000400. The summed E-state index contributed by atoms with van der Waals surface area (Å²) in [7, 11) is 0. The van der Waals surface area contributed by atoms with Crippen LogP contribution in [0.3, 0.4) is 0 Å². The number of ether oxygens (including phenoxy) is 1. The lowest BCUT2D eigenvalue weighted by molar-refractivity contribution is 0.0505. The lowest BCUT2D eigenvalue weighted by Crippen LogP contribution is -2.05. The van der Waals surface area contributed by atoms with E-state index < -0.39 is 0 Å². The summed E-state index contributed by atoms with van der Waals surface area (Å²) in [6, 6.07) is 9.01. The van der Waals surface area contributed by atoms with Gasteiger partial charge in [-0.05, 0) is 31.4 Å². The monoisotopic (exact) mass is 294 g/mol. The second kappa shape index (κ2) is 13.6. The molecule has 0 aromatic heterocycles. The molecule has 120 valence electrons. The SMILES string of the molecule is CCCCC(O)CCC.CCCOC(=O)c1ccccc1. The molecule has 1 unspecified atom stereocenters. The predicted octanol–water partition coefficient (Wildman–Crippen LogP) is 4.59. The molecule has 0 aliphatic rings. The quantitative estimate of drug-likeness (QED) is 0.713. The number of rotatable bonds is 8. The van der Waals surface area contributed by atoms with Crippen LogP contribution in [0.15, 0.2) is 30.3 Å². The van der Waals surface area contributed by atoms with Crippen molar-refractivity contribution in [3.05, 3.63) is 35.9 Å². The molecule has 0 aliphatic heterocycles. The van der Waals surface area contributed by atoms with Gasteiger partial charge in [0, 0.05) is 0 Å². The van der Waals surface area contributed by atoms with Crippen LogP contribution >= 0.6 is 0 Å². The summed E-state index contributed by atoms with van der Waals surface area (Å²) in [4.78, 5) is 11.2. The van der Waals surface area contributed by atoms with Gasteiger partial charge in [0.2, 0.25) is 0 Å². The van der Waals surface area contributed by atoms with Gasteiger partial charge in [0.05, 0.1) is 18.3 Å². The minimum Gasteiger partial charge on any atom is -0.462 e. The van der Waals surface area contributed by atoms with Crippen molar-refractivity contribution >= 4 is 5.97 Å². The molecule has 0 heterocycles. The number of carbonyl (C=O) groups is 1. The fraction of sp³-hybridized carbons (Fsp3) is 0.611. The first-order valence-electron chi connectivity index (χ1n) is 8.05. The predicted molar refractivity (Wildman–Crippen MR) is 87.5 cm³/mol. The van der Waals surface area contributed by atoms with E-state index in [2.05, 4.69) is 13.8 Å². The standard InChI is InChI=1S/C10H12O2.C8H18O/c1-2-8-12-10(11)9-6-4-3-5-7-9;1-3-5-7-8(9)6-4-2/h3-7H,2,8H2,1H3;8-9H,3-7H2,1-2H3. The molecule has 0 saturated heterocycles. The second-order valence-electron chi connectivity index (χ2n) is 5.09. The molecule has 1 aromatic carbocycles. The molecular formula is C18H30O3. The lowest BCUT2D eigenvalue weighted by Gasteiger charge is -2.06. The van der Waals surface area contributed by atoms with E-state index in [1.165, 1.54) is 12.8 Å². The van der Waals surface area contributed by atoms with E-state index in [0.717, 1.165) is 25.7 Å². The Bertz CT molecular complexity index is 349. The highest BCUT2D eigenvalue weighted by Crippen LogP contribution is 2.05. The second-order valence-corrected chi connectivity index (χ2v) is 5.09. The third-order valence-corrected chi connectivity index (χ3v) is 2.96. The number of aliphatic hydroxyl groups is 1. The van der Waals surface area contributed by atoms with Crippen LogP contribution in [0.2, 0.25) is 0 Å².